The Labute approximate surface area is 173 Å². The van der Waals surface area contributed by atoms with Crippen LogP contribution in [0, 0.1) is 5.82 Å². The van der Waals surface area contributed by atoms with Gasteiger partial charge in [0, 0.05) is 36.7 Å². The second kappa shape index (κ2) is 9.29. The molecule has 0 aliphatic carbocycles. The summed E-state index contributed by atoms with van der Waals surface area (Å²) in [6.45, 7) is 2.74. The van der Waals surface area contributed by atoms with Gasteiger partial charge in [-0.05, 0) is 50.1 Å². The topological polar surface area (TPSA) is 108 Å². The van der Waals surface area contributed by atoms with Crippen molar-refractivity contribution in [2.24, 2.45) is 0 Å². The van der Waals surface area contributed by atoms with Crippen molar-refractivity contribution in [1.29, 1.82) is 0 Å². The molecule has 1 aliphatic heterocycles. The third-order valence-electron chi connectivity index (χ3n) is 4.94. The summed E-state index contributed by atoms with van der Waals surface area (Å²) in [6.07, 6.45) is 4.93. The number of halogens is 1. The van der Waals surface area contributed by atoms with E-state index in [1.54, 1.807) is 18.5 Å². The van der Waals surface area contributed by atoms with Gasteiger partial charge in [-0.1, -0.05) is 0 Å². The van der Waals surface area contributed by atoms with E-state index >= 15 is 0 Å². The Morgan fingerprint density at radius 3 is 2.43 bits per heavy atom. The van der Waals surface area contributed by atoms with Crippen molar-refractivity contribution in [3.63, 3.8) is 0 Å². The van der Waals surface area contributed by atoms with E-state index < -0.39 is 29.8 Å². The third kappa shape index (κ3) is 5.49. The van der Waals surface area contributed by atoms with Crippen molar-refractivity contribution in [3.05, 3.63) is 48.5 Å². The molecule has 10 heteroatoms. The number of rotatable bonds is 6. The molecule has 9 nitrogen and oxygen atoms in total. The molecule has 2 N–H and O–H groups in total. The number of benzene rings is 1. The summed E-state index contributed by atoms with van der Waals surface area (Å²) in [5.41, 5.74) is -0.160. The van der Waals surface area contributed by atoms with Gasteiger partial charge in [-0.15, -0.1) is 0 Å². The normalized spacial score (nSPS) is 15.2. The van der Waals surface area contributed by atoms with E-state index in [2.05, 4.69) is 20.6 Å². The molecule has 3 rings (SSSR count). The molecule has 0 radical (unpaired) electrons. The van der Waals surface area contributed by atoms with Crippen LogP contribution in [0.2, 0.25) is 0 Å². The molecular formula is C20H23FN6O3. The molecule has 1 fully saturated rings. The lowest BCUT2D eigenvalue weighted by Gasteiger charge is -2.40. The van der Waals surface area contributed by atoms with Crippen LogP contribution in [0.25, 0.3) is 0 Å². The first-order valence-electron chi connectivity index (χ1n) is 9.50. The highest BCUT2D eigenvalue weighted by Gasteiger charge is 2.33. The van der Waals surface area contributed by atoms with Crippen molar-refractivity contribution in [1.82, 2.24) is 20.2 Å². The average Bonchev–Trinajstić information content (AvgIpc) is 2.74. The van der Waals surface area contributed by atoms with Crippen molar-refractivity contribution >= 4 is 30.0 Å². The van der Waals surface area contributed by atoms with Crippen LogP contribution < -0.4 is 15.5 Å². The number of piperidine rings is 1. The van der Waals surface area contributed by atoms with E-state index in [4.69, 9.17) is 0 Å². The first-order valence-corrected chi connectivity index (χ1v) is 9.50. The summed E-state index contributed by atoms with van der Waals surface area (Å²) < 4.78 is 12.9. The summed E-state index contributed by atoms with van der Waals surface area (Å²) in [6, 6.07) is 6.29. The maximum absolute atomic E-state index is 12.9. The minimum Gasteiger partial charge on any atom is -0.341 e. The first kappa shape index (κ1) is 21.2. The minimum absolute atomic E-state index is 0.315. The Kier molecular flexibility index (Phi) is 6.55. The highest BCUT2D eigenvalue weighted by atomic mass is 19.1. The van der Waals surface area contributed by atoms with Crippen LogP contribution in [-0.4, -0.2) is 58.4 Å². The Bertz CT molecular complexity index is 885. The fraction of sp³-hybridized carbons (Fsp3) is 0.350. The Morgan fingerprint density at radius 2 is 1.83 bits per heavy atom. The molecule has 0 bridgehead atoms. The predicted molar refractivity (Wildman–Crippen MR) is 108 cm³/mol. The van der Waals surface area contributed by atoms with Gasteiger partial charge in [0.15, 0.2) is 0 Å². The molecular weight excluding hydrogens is 391 g/mol. The summed E-state index contributed by atoms with van der Waals surface area (Å²) in [5.74, 6) is -0.358. The fourth-order valence-corrected chi connectivity index (χ4v) is 3.16. The number of anilines is 2. The van der Waals surface area contributed by atoms with Crippen LogP contribution in [0.3, 0.4) is 0 Å². The number of carbonyl (C=O) groups is 3. The SMILES string of the molecule is CC1(NC(=O)N(C=O)CC(=O)Nc2ccc(F)cc2)CCN(c2ncccn2)CC1. The van der Waals surface area contributed by atoms with Gasteiger partial charge >= 0.3 is 6.03 Å². The number of hydrogen-bond donors (Lipinski definition) is 2. The number of carbonyl (C=O) groups excluding carboxylic acids is 3. The lowest BCUT2D eigenvalue weighted by molar-refractivity contribution is -0.123. The Morgan fingerprint density at radius 1 is 1.20 bits per heavy atom. The second-order valence-electron chi connectivity index (χ2n) is 7.32. The van der Waals surface area contributed by atoms with Crippen molar-refractivity contribution in [3.8, 4) is 0 Å². The van der Waals surface area contributed by atoms with Gasteiger partial charge < -0.3 is 15.5 Å². The molecule has 158 valence electrons. The first-order chi connectivity index (χ1) is 14.4. The van der Waals surface area contributed by atoms with Crippen LogP contribution in [0.15, 0.2) is 42.7 Å². The van der Waals surface area contributed by atoms with Crippen molar-refractivity contribution < 1.29 is 18.8 Å². The molecule has 0 saturated carbocycles. The van der Waals surface area contributed by atoms with Crippen LogP contribution in [-0.2, 0) is 9.59 Å². The Hall–Kier alpha value is -3.56. The van der Waals surface area contributed by atoms with Gasteiger partial charge in [-0.3, -0.25) is 14.5 Å². The van der Waals surface area contributed by atoms with Gasteiger partial charge in [-0.2, -0.15) is 0 Å². The number of aromatic nitrogens is 2. The number of nitrogens with zero attached hydrogens (tertiary/aromatic N) is 4. The molecule has 0 atom stereocenters. The number of imide groups is 1. The lowest BCUT2D eigenvalue weighted by atomic mass is 9.90. The van der Waals surface area contributed by atoms with E-state index in [0.717, 1.165) is 4.90 Å². The molecule has 1 saturated heterocycles. The summed E-state index contributed by atoms with van der Waals surface area (Å²) >= 11 is 0. The van der Waals surface area contributed by atoms with Crippen LogP contribution >= 0.6 is 0 Å². The zero-order valence-electron chi connectivity index (χ0n) is 16.5. The van der Waals surface area contributed by atoms with Crippen LogP contribution in [0.1, 0.15) is 19.8 Å². The largest absolute Gasteiger partial charge is 0.341 e. The zero-order valence-corrected chi connectivity index (χ0v) is 16.5. The number of urea groups is 1. The van der Waals surface area contributed by atoms with Crippen molar-refractivity contribution in [2.75, 3.05) is 29.9 Å². The predicted octanol–water partition coefficient (Wildman–Crippen LogP) is 1.78. The van der Waals surface area contributed by atoms with Crippen LogP contribution in [0.5, 0.6) is 0 Å². The van der Waals surface area contributed by atoms with Gasteiger partial charge in [0.05, 0.1) is 0 Å². The van der Waals surface area contributed by atoms with E-state index in [-0.39, 0.29) is 0 Å². The molecule has 0 spiro atoms. The Balaban J connectivity index is 1.52. The number of amides is 4. The van der Waals surface area contributed by atoms with Gasteiger partial charge in [0.1, 0.15) is 12.4 Å². The average molecular weight is 414 g/mol. The number of hydrogen-bond acceptors (Lipinski definition) is 6. The van der Waals surface area contributed by atoms with Gasteiger partial charge in [0.2, 0.25) is 18.3 Å². The van der Waals surface area contributed by atoms with Crippen molar-refractivity contribution in [2.45, 2.75) is 25.3 Å². The highest BCUT2D eigenvalue weighted by Crippen LogP contribution is 2.24. The van der Waals surface area contributed by atoms with Gasteiger partial charge in [0.25, 0.3) is 0 Å². The smallest absolute Gasteiger partial charge is 0.324 e. The lowest BCUT2D eigenvalue weighted by Crippen LogP contribution is -2.57. The quantitative estimate of drug-likeness (QED) is 0.698. The molecule has 1 aliphatic rings. The fourth-order valence-electron chi connectivity index (χ4n) is 3.16. The highest BCUT2D eigenvalue weighted by molar-refractivity contribution is 5.97. The summed E-state index contributed by atoms with van der Waals surface area (Å²) in [4.78, 5) is 47.3. The minimum atomic E-state index is -0.647. The molecule has 1 aromatic heterocycles. The molecule has 1 aromatic carbocycles. The molecule has 0 unspecified atom stereocenters. The number of nitrogens with one attached hydrogen (secondary N) is 2. The van der Waals surface area contributed by atoms with E-state index in [9.17, 15) is 18.8 Å². The summed E-state index contributed by atoms with van der Waals surface area (Å²) in [7, 11) is 0. The standard InChI is InChI=1S/C20H23FN6O3/c1-20(7-11-26(12-8-20)18-22-9-2-10-23-18)25-19(30)27(14-28)13-17(29)24-16-5-3-15(21)4-6-16/h2-6,9-10,14H,7-8,11-13H2,1H3,(H,24,29)(H,25,30). The van der Waals surface area contributed by atoms with Gasteiger partial charge in [-0.25, -0.2) is 19.2 Å². The third-order valence-corrected chi connectivity index (χ3v) is 4.94. The molecule has 4 amide bonds. The molecule has 30 heavy (non-hydrogen) atoms. The van der Waals surface area contributed by atoms with E-state index in [1.165, 1.54) is 24.3 Å². The second-order valence-corrected chi connectivity index (χ2v) is 7.32. The molecule has 2 heterocycles. The summed E-state index contributed by atoms with van der Waals surface area (Å²) in [5, 5.41) is 5.37. The molecule has 2 aromatic rings. The van der Waals surface area contributed by atoms with E-state index in [0.29, 0.717) is 44.0 Å². The zero-order chi connectivity index (χ0) is 21.6. The maximum atomic E-state index is 12.9. The maximum Gasteiger partial charge on any atom is 0.324 e. The van der Waals surface area contributed by atoms with E-state index in [1.807, 2.05) is 11.8 Å². The monoisotopic (exact) mass is 414 g/mol. The van der Waals surface area contributed by atoms with Crippen LogP contribution in [0.4, 0.5) is 20.8 Å².